The molecule has 0 bridgehead atoms. The molecular weight excluding hydrogens is 284 g/mol. The molecule has 1 saturated heterocycles. The summed E-state index contributed by atoms with van der Waals surface area (Å²) in [6.45, 7) is -0.0640. The number of likely N-dealkylation sites (tertiary alicyclic amines) is 1. The second kappa shape index (κ2) is 6.76. The first-order valence-electron chi connectivity index (χ1n) is 7.52. The van der Waals surface area contributed by atoms with Crippen molar-refractivity contribution in [2.24, 2.45) is 0 Å². The molecule has 1 aliphatic heterocycles. The number of esters is 1. The fraction of sp³-hybridized carbons (Fsp3) is 0.733. The fourth-order valence-electron chi connectivity index (χ4n) is 3.38. The molecule has 7 heteroatoms. The maximum atomic E-state index is 12.4. The summed E-state index contributed by atoms with van der Waals surface area (Å²) in [4.78, 5) is 25.7. The molecule has 1 heterocycles. The minimum absolute atomic E-state index is 0.0640. The Kier molecular flexibility index (Phi) is 4.99. The number of hydrogen-bond acceptors (Lipinski definition) is 6. The summed E-state index contributed by atoms with van der Waals surface area (Å²) in [6.07, 6.45) is 4.11. The average Bonchev–Trinajstić information content (AvgIpc) is 3.18. The lowest BCUT2D eigenvalue weighted by atomic mass is 9.98. The van der Waals surface area contributed by atoms with E-state index in [1.165, 1.54) is 12.0 Å². The van der Waals surface area contributed by atoms with Crippen LogP contribution in [-0.2, 0) is 14.3 Å². The van der Waals surface area contributed by atoms with Crippen LogP contribution in [0.4, 0.5) is 0 Å². The predicted molar refractivity (Wildman–Crippen MR) is 76.1 cm³/mol. The van der Waals surface area contributed by atoms with Gasteiger partial charge in [0.1, 0.15) is 17.6 Å². The molecule has 1 N–H and O–H groups in total. The number of methoxy groups -OCH3 is 1. The van der Waals surface area contributed by atoms with Crippen LogP contribution in [0.2, 0.25) is 0 Å². The minimum atomic E-state index is -0.811. The summed E-state index contributed by atoms with van der Waals surface area (Å²) in [5.74, 6) is -0.668. The number of nitriles is 2. The van der Waals surface area contributed by atoms with Crippen molar-refractivity contribution in [3.63, 3.8) is 0 Å². The van der Waals surface area contributed by atoms with Gasteiger partial charge in [0.05, 0.1) is 25.8 Å². The third-order valence-electron chi connectivity index (χ3n) is 4.58. The standard InChI is InChI=1S/C15H20N4O3/c1-22-14(21)15(6-2-3-7-15)18-10-13(20)19-11(8-16)4-5-12(19)9-17/h11-12,18H,2-7,10H2,1H3/t11-,12+. The van der Waals surface area contributed by atoms with E-state index in [0.717, 1.165) is 12.8 Å². The number of nitrogens with one attached hydrogen (secondary N) is 1. The van der Waals surface area contributed by atoms with Crippen molar-refractivity contribution >= 4 is 11.9 Å². The van der Waals surface area contributed by atoms with E-state index in [4.69, 9.17) is 15.3 Å². The molecule has 0 aromatic heterocycles. The smallest absolute Gasteiger partial charge is 0.326 e. The Balaban J connectivity index is 2.04. The first-order chi connectivity index (χ1) is 10.6. The average molecular weight is 304 g/mol. The van der Waals surface area contributed by atoms with Crippen molar-refractivity contribution in [1.82, 2.24) is 10.2 Å². The van der Waals surface area contributed by atoms with Crippen LogP contribution in [0.3, 0.4) is 0 Å². The van der Waals surface area contributed by atoms with E-state index in [2.05, 4.69) is 17.5 Å². The fourth-order valence-corrected chi connectivity index (χ4v) is 3.38. The van der Waals surface area contributed by atoms with Crippen molar-refractivity contribution < 1.29 is 14.3 Å². The molecule has 1 amide bonds. The largest absolute Gasteiger partial charge is 0.468 e. The Morgan fingerprint density at radius 1 is 1.23 bits per heavy atom. The second-order valence-electron chi connectivity index (χ2n) is 5.80. The monoisotopic (exact) mass is 304 g/mol. The Bertz CT molecular complexity index is 506. The highest BCUT2D eigenvalue weighted by atomic mass is 16.5. The maximum Gasteiger partial charge on any atom is 0.326 e. The van der Waals surface area contributed by atoms with Crippen LogP contribution in [-0.4, -0.2) is 48.1 Å². The van der Waals surface area contributed by atoms with E-state index < -0.39 is 17.6 Å². The number of rotatable bonds is 4. The summed E-state index contributed by atoms with van der Waals surface area (Å²) in [5.41, 5.74) is -0.811. The van der Waals surface area contributed by atoms with Gasteiger partial charge < -0.3 is 9.64 Å². The van der Waals surface area contributed by atoms with Gasteiger partial charge in [0.2, 0.25) is 5.91 Å². The van der Waals surface area contributed by atoms with Crippen LogP contribution in [0.15, 0.2) is 0 Å². The number of amides is 1. The van der Waals surface area contributed by atoms with Crippen LogP contribution in [0.1, 0.15) is 38.5 Å². The topological polar surface area (TPSA) is 106 Å². The zero-order valence-corrected chi connectivity index (χ0v) is 12.7. The zero-order chi connectivity index (χ0) is 16.2. The zero-order valence-electron chi connectivity index (χ0n) is 12.7. The lowest BCUT2D eigenvalue weighted by molar-refractivity contribution is -0.148. The van der Waals surface area contributed by atoms with Crippen LogP contribution in [0.5, 0.6) is 0 Å². The molecule has 0 unspecified atom stereocenters. The molecule has 1 aliphatic carbocycles. The molecule has 2 rings (SSSR count). The molecule has 0 aromatic rings. The van der Waals surface area contributed by atoms with Gasteiger partial charge in [0, 0.05) is 0 Å². The number of carbonyl (C=O) groups excluding carboxylic acids is 2. The highest BCUT2D eigenvalue weighted by molar-refractivity contribution is 5.84. The minimum Gasteiger partial charge on any atom is -0.468 e. The van der Waals surface area contributed by atoms with Crippen LogP contribution in [0, 0.1) is 22.7 Å². The lowest BCUT2D eigenvalue weighted by Gasteiger charge is -2.29. The summed E-state index contributed by atoms with van der Waals surface area (Å²) < 4.78 is 4.85. The maximum absolute atomic E-state index is 12.4. The highest BCUT2D eigenvalue weighted by Gasteiger charge is 2.43. The number of hydrogen-bond donors (Lipinski definition) is 1. The number of ether oxygens (including phenoxy) is 1. The van der Waals surface area contributed by atoms with Gasteiger partial charge in [-0.2, -0.15) is 10.5 Å². The molecule has 0 radical (unpaired) electrons. The molecule has 2 aliphatic rings. The third kappa shape index (κ3) is 2.90. The van der Waals surface area contributed by atoms with Gasteiger partial charge in [0.15, 0.2) is 0 Å². The van der Waals surface area contributed by atoms with E-state index in [1.54, 1.807) is 0 Å². The van der Waals surface area contributed by atoms with Crippen molar-refractivity contribution in [3.05, 3.63) is 0 Å². The van der Waals surface area contributed by atoms with Gasteiger partial charge in [-0.05, 0) is 25.7 Å². The third-order valence-corrected chi connectivity index (χ3v) is 4.58. The van der Waals surface area contributed by atoms with Crippen molar-refractivity contribution in [2.75, 3.05) is 13.7 Å². The molecule has 7 nitrogen and oxygen atoms in total. The predicted octanol–water partition coefficient (Wildman–Crippen LogP) is 0.469. The molecule has 1 saturated carbocycles. The van der Waals surface area contributed by atoms with Crippen molar-refractivity contribution in [1.29, 1.82) is 10.5 Å². The van der Waals surface area contributed by atoms with E-state index in [9.17, 15) is 9.59 Å². The van der Waals surface area contributed by atoms with Gasteiger partial charge in [-0.1, -0.05) is 12.8 Å². The quantitative estimate of drug-likeness (QED) is 0.757. The first kappa shape index (κ1) is 16.3. The SMILES string of the molecule is COC(=O)C1(NCC(=O)N2[C@H](C#N)CC[C@@H]2C#N)CCCC1. The molecule has 118 valence electrons. The summed E-state index contributed by atoms with van der Waals surface area (Å²) in [6, 6.07) is 3.01. The Morgan fingerprint density at radius 2 is 1.77 bits per heavy atom. The molecule has 2 atom stereocenters. The number of carbonyl (C=O) groups is 2. The normalized spacial score (nSPS) is 26.2. The van der Waals surface area contributed by atoms with Crippen LogP contribution < -0.4 is 5.32 Å². The van der Waals surface area contributed by atoms with E-state index in [-0.39, 0.29) is 18.4 Å². The lowest BCUT2D eigenvalue weighted by Crippen LogP contribution is -2.55. The summed E-state index contributed by atoms with van der Waals surface area (Å²) in [5, 5.41) is 21.2. The first-order valence-corrected chi connectivity index (χ1v) is 7.52. The molecule has 0 aromatic carbocycles. The van der Waals surface area contributed by atoms with E-state index in [1.807, 2.05) is 0 Å². The van der Waals surface area contributed by atoms with Crippen molar-refractivity contribution in [2.45, 2.75) is 56.1 Å². The van der Waals surface area contributed by atoms with Gasteiger partial charge in [-0.15, -0.1) is 0 Å². The summed E-state index contributed by atoms with van der Waals surface area (Å²) >= 11 is 0. The molecule has 2 fully saturated rings. The highest BCUT2D eigenvalue weighted by Crippen LogP contribution is 2.31. The Hall–Kier alpha value is -2.12. The van der Waals surface area contributed by atoms with Gasteiger partial charge in [-0.3, -0.25) is 14.9 Å². The Morgan fingerprint density at radius 3 is 2.23 bits per heavy atom. The van der Waals surface area contributed by atoms with E-state index in [0.29, 0.717) is 25.7 Å². The van der Waals surface area contributed by atoms with E-state index >= 15 is 0 Å². The summed E-state index contributed by atoms with van der Waals surface area (Å²) in [7, 11) is 1.34. The molecule has 22 heavy (non-hydrogen) atoms. The number of nitrogens with zero attached hydrogens (tertiary/aromatic N) is 3. The second-order valence-corrected chi connectivity index (χ2v) is 5.80. The van der Waals surface area contributed by atoms with Gasteiger partial charge >= 0.3 is 5.97 Å². The van der Waals surface area contributed by atoms with Gasteiger partial charge in [0.25, 0.3) is 0 Å². The molecular formula is C15H20N4O3. The van der Waals surface area contributed by atoms with Crippen LogP contribution in [0.25, 0.3) is 0 Å². The van der Waals surface area contributed by atoms with Crippen molar-refractivity contribution in [3.8, 4) is 12.1 Å². The van der Waals surface area contributed by atoms with Crippen LogP contribution >= 0.6 is 0 Å². The molecule has 0 spiro atoms. The van der Waals surface area contributed by atoms with Gasteiger partial charge in [-0.25, -0.2) is 0 Å². The Labute approximate surface area is 129 Å².